The molecule has 1 aliphatic heterocycles. The number of hydrogen-bond acceptors (Lipinski definition) is 3. The average Bonchev–Trinajstić information content (AvgIpc) is 3.09. The van der Waals surface area contributed by atoms with E-state index in [1.165, 1.54) is 5.56 Å². The molecule has 0 aliphatic carbocycles. The van der Waals surface area contributed by atoms with E-state index in [1.807, 2.05) is 42.5 Å². The van der Waals surface area contributed by atoms with Gasteiger partial charge in [-0.05, 0) is 42.6 Å². The highest BCUT2D eigenvalue weighted by atomic mass is 16.5. The van der Waals surface area contributed by atoms with Crippen molar-refractivity contribution in [2.45, 2.75) is 25.4 Å². The Morgan fingerprint density at radius 3 is 2.83 bits per heavy atom. The number of likely N-dealkylation sites (tertiary alicyclic amines) is 1. The Bertz CT molecular complexity index is 672. The summed E-state index contributed by atoms with van der Waals surface area (Å²) in [4.78, 5) is 14.6. The molecule has 1 heterocycles. The van der Waals surface area contributed by atoms with Crippen LogP contribution in [-0.4, -0.2) is 31.0 Å². The van der Waals surface area contributed by atoms with Crippen LogP contribution in [0.15, 0.2) is 54.6 Å². The van der Waals surface area contributed by atoms with Gasteiger partial charge in [0.25, 0.3) is 0 Å². The van der Waals surface area contributed by atoms with Crippen LogP contribution in [-0.2, 0) is 11.3 Å². The van der Waals surface area contributed by atoms with Crippen LogP contribution in [0.3, 0.4) is 0 Å². The highest BCUT2D eigenvalue weighted by Crippen LogP contribution is 2.32. The molecule has 0 spiro atoms. The molecule has 0 radical (unpaired) electrons. The SMILES string of the molecule is COc1cccc([C@@H]2CCCN2CC(=O)NCc2ccccc2)c1. The maximum Gasteiger partial charge on any atom is 0.234 e. The summed E-state index contributed by atoms with van der Waals surface area (Å²) in [5.74, 6) is 0.946. The van der Waals surface area contributed by atoms with E-state index in [-0.39, 0.29) is 5.91 Å². The van der Waals surface area contributed by atoms with Crippen molar-refractivity contribution in [3.8, 4) is 5.75 Å². The first-order chi connectivity index (χ1) is 11.8. The van der Waals surface area contributed by atoms with Crippen molar-refractivity contribution >= 4 is 5.91 Å². The maximum absolute atomic E-state index is 12.3. The van der Waals surface area contributed by atoms with Gasteiger partial charge in [0, 0.05) is 12.6 Å². The number of ether oxygens (including phenoxy) is 1. The second-order valence-corrected chi connectivity index (χ2v) is 6.17. The number of methoxy groups -OCH3 is 1. The van der Waals surface area contributed by atoms with E-state index in [0.29, 0.717) is 19.1 Å². The van der Waals surface area contributed by atoms with Crippen LogP contribution in [0, 0.1) is 0 Å². The Kier molecular flexibility index (Phi) is 5.49. The Balaban J connectivity index is 1.58. The summed E-state index contributed by atoms with van der Waals surface area (Å²) < 4.78 is 5.32. The molecular weight excluding hydrogens is 300 g/mol. The van der Waals surface area contributed by atoms with Gasteiger partial charge in [0.15, 0.2) is 0 Å². The van der Waals surface area contributed by atoms with Gasteiger partial charge in [0.05, 0.1) is 13.7 Å². The molecule has 1 amide bonds. The van der Waals surface area contributed by atoms with Gasteiger partial charge in [-0.2, -0.15) is 0 Å². The third kappa shape index (κ3) is 4.15. The predicted molar refractivity (Wildman–Crippen MR) is 94.8 cm³/mol. The van der Waals surface area contributed by atoms with Crippen LogP contribution in [0.25, 0.3) is 0 Å². The molecule has 0 aromatic heterocycles. The molecule has 0 bridgehead atoms. The first-order valence-electron chi connectivity index (χ1n) is 8.45. The topological polar surface area (TPSA) is 41.6 Å². The van der Waals surface area contributed by atoms with Gasteiger partial charge in [0.1, 0.15) is 5.75 Å². The van der Waals surface area contributed by atoms with E-state index in [9.17, 15) is 4.79 Å². The lowest BCUT2D eigenvalue weighted by atomic mass is 10.0. The Labute approximate surface area is 143 Å². The third-order valence-corrected chi connectivity index (χ3v) is 4.52. The molecule has 1 N–H and O–H groups in total. The summed E-state index contributed by atoms with van der Waals surface area (Å²) in [5, 5.41) is 3.02. The fourth-order valence-corrected chi connectivity index (χ4v) is 3.28. The molecule has 1 atom stereocenters. The number of rotatable bonds is 6. The van der Waals surface area contributed by atoms with E-state index >= 15 is 0 Å². The van der Waals surface area contributed by atoms with E-state index in [0.717, 1.165) is 30.7 Å². The number of nitrogens with one attached hydrogen (secondary N) is 1. The zero-order chi connectivity index (χ0) is 16.8. The minimum Gasteiger partial charge on any atom is -0.497 e. The number of amides is 1. The van der Waals surface area contributed by atoms with E-state index in [4.69, 9.17) is 4.74 Å². The highest BCUT2D eigenvalue weighted by Gasteiger charge is 2.27. The van der Waals surface area contributed by atoms with E-state index in [1.54, 1.807) is 7.11 Å². The molecular formula is C20H24N2O2. The van der Waals surface area contributed by atoms with Crippen molar-refractivity contribution < 1.29 is 9.53 Å². The molecule has 4 heteroatoms. The molecule has 1 fully saturated rings. The van der Waals surface area contributed by atoms with Crippen molar-refractivity contribution in [2.24, 2.45) is 0 Å². The quantitative estimate of drug-likeness (QED) is 0.887. The monoisotopic (exact) mass is 324 g/mol. The van der Waals surface area contributed by atoms with Gasteiger partial charge in [-0.3, -0.25) is 9.69 Å². The summed E-state index contributed by atoms with van der Waals surface area (Å²) in [5.41, 5.74) is 2.35. The fourth-order valence-electron chi connectivity index (χ4n) is 3.28. The minimum atomic E-state index is 0.0775. The molecule has 24 heavy (non-hydrogen) atoms. The second-order valence-electron chi connectivity index (χ2n) is 6.17. The van der Waals surface area contributed by atoms with Gasteiger partial charge in [-0.1, -0.05) is 42.5 Å². The largest absolute Gasteiger partial charge is 0.497 e. The number of carbonyl (C=O) groups is 1. The lowest BCUT2D eigenvalue weighted by Crippen LogP contribution is -2.36. The number of hydrogen-bond donors (Lipinski definition) is 1. The maximum atomic E-state index is 12.3. The van der Waals surface area contributed by atoms with Crippen LogP contribution < -0.4 is 10.1 Å². The van der Waals surface area contributed by atoms with E-state index in [2.05, 4.69) is 22.3 Å². The van der Waals surface area contributed by atoms with Crippen LogP contribution in [0.1, 0.15) is 30.0 Å². The normalized spacial score (nSPS) is 17.6. The molecule has 0 unspecified atom stereocenters. The standard InChI is InChI=1S/C20H24N2O2/c1-24-18-10-5-9-17(13-18)19-11-6-12-22(19)15-20(23)21-14-16-7-3-2-4-8-16/h2-5,7-10,13,19H,6,11-12,14-15H2,1H3,(H,21,23)/t19-/m0/s1. The fraction of sp³-hybridized carbons (Fsp3) is 0.350. The van der Waals surface area contributed by atoms with Crippen LogP contribution >= 0.6 is 0 Å². The summed E-state index contributed by atoms with van der Waals surface area (Å²) in [6, 6.07) is 18.5. The zero-order valence-electron chi connectivity index (χ0n) is 14.1. The van der Waals surface area contributed by atoms with Crippen LogP contribution in [0.2, 0.25) is 0 Å². The van der Waals surface area contributed by atoms with Crippen molar-refractivity contribution in [2.75, 3.05) is 20.2 Å². The lowest BCUT2D eigenvalue weighted by Gasteiger charge is -2.24. The molecule has 1 saturated heterocycles. The summed E-state index contributed by atoms with van der Waals surface area (Å²) >= 11 is 0. The molecule has 3 rings (SSSR count). The Morgan fingerprint density at radius 1 is 1.21 bits per heavy atom. The Morgan fingerprint density at radius 2 is 2.04 bits per heavy atom. The first-order valence-corrected chi connectivity index (χ1v) is 8.45. The molecule has 126 valence electrons. The smallest absolute Gasteiger partial charge is 0.234 e. The third-order valence-electron chi connectivity index (χ3n) is 4.52. The van der Waals surface area contributed by atoms with Gasteiger partial charge < -0.3 is 10.1 Å². The van der Waals surface area contributed by atoms with Crippen molar-refractivity contribution in [1.82, 2.24) is 10.2 Å². The van der Waals surface area contributed by atoms with E-state index < -0.39 is 0 Å². The van der Waals surface area contributed by atoms with Gasteiger partial charge in [-0.15, -0.1) is 0 Å². The first kappa shape index (κ1) is 16.5. The van der Waals surface area contributed by atoms with Gasteiger partial charge in [-0.25, -0.2) is 0 Å². The Hall–Kier alpha value is -2.33. The molecule has 0 saturated carbocycles. The minimum absolute atomic E-state index is 0.0775. The predicted octanol–water partition coefficient (Wildman–Crippen LogP) is 3.15. The highest BCUT2D eigenvalue weighted by molar-refractivity contribution is 5.78. The van der Waals surface area contributed by atoms with Gasteiger partial charge >= 0.3 is 0 Å². The molecule has 1 aliphatic rings. The van der Waals surface area contributed by atoms with Crippen molar-refractivity contribution in [3.63, 3.8) is 0 Å². The average molecular weight is 324 g/mol. The number of carbonyl (C=O) groups excluding carboxylic acids is 1. The van der Waals surface area contributed by atoms with Crippen molar-refractivity contribution in [3.05, 3.63) is 65.7 Å². The summed E-state index contributed by atoms with van der Waals surface area (Å²) in [6.45, 7) is 1.98. The number of benzene rings is 2. The zero-order valence-corrected chi connectivity index (χ0v) is 14.1. The second kappa shape index (κ2) is 7.97. The summed E-state index contributed by atoms with van der Waals surface area (Å²) in [6.07, 6.45) is 2.20. The van der Waals surface area contributed by atoms with Gasteiger partial charge in [0.2, 0.25) is 5.91 Å². The van der Waals surface area contributed by atoms with Crippen molar-refractivity contribution in [1.29, 1.82) is 0 Å². The van der Waals surface area contributed by atoms with Crippen LogP contribution in [0.5, 0.6) is 5.75 Å². The number of nitrogens with zero attached hydrogens (tertiary/aromatic N) is 1. The molecule has 4 nitrogen and oxygen atoms in total. The molecule has 2 aromatic rings. The lowest BCUT2D eigenvalue weighted by molar-refractivity contribution is -0.122. The molecule has 2 aromatic carbocycles. The van der Waals surface area contributed by atoms with Crippen LogP contribution in [0.4, 0.5) is 0 Å². The summed E-state index contributed by atoms with van der Waals surface area (Å²) in [7, 11) is 1.68.